The topological polar surface area (TPSA) is 77.7 Å². The first kappa shape index (κ1) is 21.9. The molecule has 2 aromatic carbocycles. The number of carbonyl (C=O) groups excluding carboxylic acids is 1. The number of likely N-dealkylation sites (tertiary alicyclic amines) is 1. The maximum Gasteiger partial charge on any atom is 0.232 e. The molecule has 1 fully saturated rings. The van der Waals surface area contributed by atoms with Gasteiger partial charge in [0.1, 0.15) is 0 Å². The number of aromatic nitrogens is 2. The second-order valence-corrected chi connectivity index (χ2v) is 7.91. The van der Waals surface area contributed by atoms with Gasteiger partial charge >= 0.3 is 0 Å². The summed E-state index contributed by atoms with van der Waals surface area (Å²) in [6, 6.07) is 13.9. The van der Waals surface area contributed by atoms with Crippen molar-refractivity contribution in [2.75, 3.05) is 26.3 Å². The summed E-state index contributed by atoms with van der Waals surface area (Å²) >= 11 is 0. The molecular formula is C25H29N3O4. The monoisotopic (exact) mass is 435 g/mol. The summed E-state index contributed by atoms with van der Waals surface area (Å²) in [7, 11) is 0. The molecule has 1 aromatic heterocycles. The number of aryl methyl sites for hydroxylation is 1. The molecule has 7 heteroatoms. The molecule has 7 nitrogen and oxygen atoms in total. The molecule has 4 rings (SSSR count). The Kier molecular flexibility index (Phi) is 6.73. The van der Waals surface area contributed by atoms with Gasteiger partial charge in [-0.15, -0.1) is 0 Å². The van der Waals surface area contributed by atoms with Crippen molar-refractivity contribution in [3.05, 3.63) is 59.5 Å². The zero-order valence-electron chi connectivity index (χ0n) is 18.8. The lowest BCUT2D eigenvalue weighted by Crippen LogP contribution is -2.27. The maximum atomic E-state index is 12.6. The van der Waals surface area contributed by atoms with Gasteiger partial charge < -0.3 is 18.9 Å². The van der Waals surface area contributed by atoms with Crippen LogP contribution < -0.4 is 9.47 Å². The number of nitrogens with zero attached hydrogens (tertiary/aromatic N) is 3. The highest BCUT2D eigenvalue weighted by Crippen LogP contribution is 2.31. The molecule has 1 aliphatic rings. The lowest BCUT2D eigenvalue weighted by molar-refractivity contribution is -0.127. The fourth-order valence-electron chi connectivity index (χ4n) is 4.00. The van der Waals surface area contributed by atoms with Gasteiger partial charge in [0.05, 0.1) is 19.1 Å². The van der Waals surface area contributed by atoms with Gasteiger partial charge in [-0.3, -0.25) is 4.79 Å². The predicted octanol–water partition coefficient (Wildman–Crippen LogP) is 4.40. The third kappa shape index (κ3) is 4.77. The van der Waals surface area contributed by atoms with Crippen molar-refractivity contribution >= 4 is 5.91 Å². The van der Waals surface area contributed by atoms with E-state index in [4.69, 9.17) is 14.0 Å². The van der Waals surface area contributed by atoms with E-state index in [1.165, 1.54) is 0 Å². The molecule has 1 aliphatic heterocycles. The van der Waals surface area contributed by atoms with Gasteiger partial charge in [-0.2, -0.15) is 4.98 Å². The van der Waals surface area contributed by atoms with E-state index in [9.17, 15) is 4.79 Å². The van der Waals surface area contributed by atoms with Crippen molar-refractivity contribution in [3.63, 3.8) is 0 Å². The van der Waals surface area contributed by atoms with Gasteiger partial charge in [-0.05, 0) is 50.5 Å². The van der Waals surface area contributed by atoms with Crippen molar-refractivity contribution in [3.8, 4) is 22.9 Å². The first-order valence-electron chi connectivity index (χ1n) is 11.1. The van der Waals surface area contributed by atoms with Gasteiger partial charge in [-0.1, -0.05) is 35.5 Å². The Bertz CT molecular complexity index is 1080. The largest absolute Gasteiger partial charge is 0.490 e. The highest BCUT2D eigenvalue weighted by molar-refractivity contribution is 5.79. The SMILES string of the molecule is CCOc1ccc(CCN2CC(c3nc(-c4ccccc4C)no3)CC2=O)cc1OCC. The molecule has 0 spiro atoms. The Hall–Kier alpha value is -3.35. The average Bonchev–Trinajstić information content (AvgIpc) is 3.41. The minimum Gasteiger partial charge on any atom is -0.490 e. The van der Waals surface area contributed by atoms with E-state index in [0.29, 0.717) is 44.4 Å². The third-order valence-corrected chi connectivity index (χ3v) is 5.67. The molecular weight excluding hydrogens is 406 g/mol. The van der Waals surface area contributed by atoms with E-state index < -0.39 is 0 Å². The summed E-state index contributed by atoms with van der Waals surface area (Å²) in [6.45, 7) is 8.30. The molecule has 3 aromatic rings. The van der Waals surface area contributed by atoms with Crippen LogP contribution in [-0.2, 0) is 11.2 Å². The van der Waals surface area contributed by atoms with Crippen LogP contribution in [0.1, 0.15) is 43.2 Å². The summed E-state index contributed by atoms with van der Waals surface area (Å²) < 4.78 is 16.9. The Morgan fingerprint density at radius 3 is 2.66 bits per heavy atom. The Labute approximate surface area is 188 Å². The Balaban J connectivity index is 1.40. The fourth-order valence-corrected chi connectivity index (χ4v) is 4.00. The summed E-state index contributed by atoms with van der Waals surface area (Å²) in [5, 5.41) is 4.14. The lowest BCUT2D eigenvalue weighted by atomic mass is 10.1. The van der Waals surface area contributed by atoms with Crippen LogP contribution in [0.15, 0.2) is 47.0 Å². The van der Waals surface area contributed by atoms with Crippen molar-refractivity contribution < 1.29 is 18.8 Å². The minimum absolute atomic E-state index is 0.0768. The van der Waals surface area contributed by atoms with E-state index in [-0.39, 0.29) is 11.8 Å². The summed E-state index contributed by atoms with van der Waals surface area (Å²) in [4.78, 5) is 19.1. The second-order valence-electron chi connectivity index (χ2n) is 7.91. The van der Waals surface area contributed by atoms with Crippen LogP contribution in [0.4, 0.5) is 0 Å². The van der Waals surface area contributed by atoms with Gasteiger partial charge in [0.25, 0.3) is 0 Å². The van der Waals surface area contributed by atoms with Gasteiger partial charge in [0, 0.05) is 25.1 Å². The van der Waals surface area contributed by atoms with E-state index in [2.05, 4.69) is 10.1 Å². The Morgan fingerprint density at radius 1 is 1.09 bits per heavy atom. The smallest absolute Gasteiger partial charge is 0.232 e. The standard InChI is InChI=1S/C25H29N3O4/c1-4-30-21-11-10-18(14-22(21)31-5-2)12-13-28-16-19(15-23(28)29)25-26-24(27-32-25)20-9-7-6-8-17(20)3/h6-11,14,19H,4-5,12-13,15-16H2,1-3H3. The molecule has 0 N–H and O–H groups in total. The van der Waals surface area contributed by atoms with Crippen LogP contribution >= 0.6 is 0 Å². The summed E-state index contributed by atoms with van der Waals surface area (Å²) in [5.41, 5.74) is 3.14. The van der Waals surface area contributed by atoms with Crippen LogP contribution in [0.25, 0.3) is 11.4 Å². The number of hydrogen-bond donors (Lipinski definition) is 0. The normalized spacial score (nSPS) is 15.9. The van der Waals surface area contributed by atoms with Gasteiger partial charge in [-0.25, -0.2) is 0 Å². The molecule has 2 heterocycles. The van der Waals surface area contributed by atoms with E-state index in [0.717, 1.165) is 34.6 Å². The number of carbonyl (C=O) groups is 1. The molecule has 0 radical (unpaired) electrons. The van der Waals surface area contributed by atoms with Crippen LogP contribution in [0, 0.1) is 6.92 Å². The zero-order chi connectivity index (χ0) is 22.5. The van der Waals surface area contributed by atoms with Crippen molar-refractivity contribution in [2.45, 2.75) is 39.5 Å². The molecule has 0 bridgehead atoms. The van der Waals surface area contributed by atoms with E-state index >= 15 is 0 Å². The fraction of sp³-hybridized carbons (Fsp3) is 0.400. The van der Waals surface area contributed by atoms with Crippen LogP contribution in [0.3, 0.4) is 0 Å². The van der Waals surface area contributed by atoms with Crippen molar-refractivity contribution in [1.29, 1.82) is 0 Å². The quantitative estimate of drug-likeness (QED) is 0.496. The zero-order valence-corrected chi connectivity index (χ0v) is 18.8. The van der Waals surface area contributed by atoms with Gasteiger partial charge in [0.15, 0.2) is 11.5 Å². The first-order chi connectivity index (χ1) is 15.6. The van der Waals surface area contributed by atoms with Crippen LogP contribution in [0.2, 0.25) is 0 Å². The van der Waals surface area contributed by atoms with E-state index in [1.807, 2.05) is 68.1 Å². The number of amides is 1. The lowest BCUT2D eigenvalue weighted by Gasteiger charge is -2.17. The molecule has 1 saturated heterocycles. The molecule has 1 atom stereocenters. The van der Waals surface area contributed by atoms with Gasteiger partial charge in [0.2, 0.25) is 17.6 Å². The molecule has 1 amide bonds. The molecule has 168 valence electrons. The predicted molar refractivity (Wildman–Crippen MR) is 121 cm³/mol. The summed E-state index contributed by atoms with van der Waals surface area (Å²) in [5.74, 6) is 2.62. The number of hydrogen-bond acceptors (Lipinski definition) is 6. The first-order valence-corrected chi connectivity index (χ1v) is 11.1. The number of ether oxygens (including phenoxy) is 2. The molecule has 0 saturated carbocycles. The third-order valence-electron chi connectivity index (χ3n) is 5.67. The highest BCUT2D eigenvalue weighted by Gasteiger charge is 2.34. The Morgan fingerprint density at radius 2 is 1.88 bits per heavy atom. The molecule has 32 heavy (non-hydrogen) atoms. The van der Waals surface area contributed by atoms with Crippen LogP contribution in [0.5, 0.6) is 11.5 Å². The van der Waals surface area contributed by atoms with Crippen molar-refractivity contribution in [1.82, 2.24) is 15.0 Å². The maximum absolute atomic E-state index is 12.6. The molecule has 0 aliphatic carbocycles. The summed E-state index contributed by atoms with van der Waals surface area (Å²) in [6.07, 6.45) is 1.13. The van der Waals surface area contributed by atoms with Crippen LogP contribution in [-0.4, -0.2) is 47.3 Å². The van der Waals surface area contributed by atoms with E-state index in [1.54, 1.807) is 0 Å². The minimum atomic E-state index is -0.0768. The number of benzene rings is 2. The number of rotatable bonds is 9. The average molecular weight is 436 g/mol. The highest BCUT2D eigenvalue weighted by atomic mass is 16.5. The second kappa shape index (κ2) is 9.85. The van der Waals surface area contributed by atoms with Crippen molar-refractivity contribution in [2.24, 2.45) is 0 Å². The molecule has 1 unspecified atom stereocenters.